The monoisotopic (exact) mass is 311 g/mol. The van der Waals surface area contributed by atoms with Gasteiger partial charge in [-0.3, -0.25) is 9.59 Å². The fraction of sp³-hybridized carbons (Fsp3) is 0.600. The molecule has 116 valence electrons. The number of carboxylic acids is 1. The summed E-state index contributed by atoms with van der Waals surface area (Å²) in [5, 5.41) is 12.4. The van der Waals surface area contributed by atoms with Gasteiger partial charge in [0.1, 0.15) is 12.2 Å². The molecule has 0 aromatic carbocycles. The maximum atomic E-state index is 12.5. The van der Waals surface area contributed by atoms with E-state index in [1.807, 2.05) is 11.8 Å². The van der Waals surface area contributed by atoms with Crippen LogP contribution in [0, 0.1) is 6.92 Å². The summed E-state index contributed by atoms with van der Waals surface area (Å²) in [7, 11) is 0. The standard InChI is InChI=1S/C15H21NO4S/c1-3-21-12-6-4-5-10(12)16-15(19)14-9(2)8-20-11(14)7-13(17)18/h8,10,12H,3-7H2,1-2H3,(H,16,19)(H,17,18). The minimum absolute atomic E-state index is 0.162. The number of hydrogen-bond donors (Lipinski definition) is 2. The van der Waals surface area contributed by atoms with Crippen LogP contribution < -0.4 is 5.32 Å². The zero-order valence-corrected chi connectivity index (χ0v) is 13.2. The van der Waals surface area contributed by atoms with Crippen molar-refractivity contribution in [3.8, 4) is 0 Å². The van der Waals surface area contributed by atoms with Crippen molar-refractivity contribution in [3.63, 3.8) is 0 Å². The molecule has 2 rings (SSSR count). The van der Waals surface area contributed by atoms with Gasteiger partial charge in [0.25, 0.3) is 5.91 Å². The summed E-state index contributed by atoms with van der Waals surface area (Å²) in [6.45, 7) is 3.88. The van der Waals surface area contributed by atoms with E-state index in [1.54, 1.807) is 6.92 Å². The third kappa shape index (κ3) is 3.81. The fourth-order valence-corrected chi connectivity index (χ4v) is 4.01. The van der Waals surface area contributed by atoms with Crippen molar-refractivity contribution < 1.29 is 19.1 Å². The molecule has 1 aromatic rings. The Hall–Kier alpha value is -1.43. The Kier molecular flexibility index (Phi) is 5.33. The number of hydrogen-bond acceptors (Lipinski definition) is 4. The fourth-order valence-electron chi connectivity index (χ4n) is 2.82. The molecule has 1 amide bonds. The number of amides is 1. The maximum Gasteiger partial charge on any atom is 0.311 e. The summed E-state index contributed by atoms with van der Waals surface area (Å²) in [4.78, 5) is 23.3. The second-order valence-electron chi connectivity index (χ2n) is 5.29. The Morgan fingerprint density at radius 2 is 2.24 bits per heavy atom. The minimum Gasteiger partial charge on any atom is -0.481 e. The lowest BCUT2D eigenvalue weighted by molar-refractivity contribution is -0.136. The quantitative estimate of drug-likeness (QED) is 0.844. The van der Waals surface area contributed by atoms with Gasteiger partial charge >= 0.3 is 5.97 Å². The predicted octanol–water partition coefficient (Wildman–Crippen LogP) is 2.62. The van der Waals surface area contributed by atoms with Gasteiger partial charge in [-0.1, -0.05) is 13.3 Å². The van der Waals surface area contributed by atoms with E-state index in [0.29, 0.717) is 16.4 Å². The Labute approximate surface area is 128 Å². The lowest BCUT2D eigenvalue weighted by Crippen LogP contribution is -2.39. The normalized spacial score (nSPS) is 21.4. The molecule has 1 aliphatic rings. The summed E-state index contributed by atoms with van der Waals surface area (Å²) in [6.07, 6.45) is 4.40. The van der Waals surface area contributed by atoms with Crippen LogP contribution in [0.1, 0.15) is 47.9 Å². The van der Waals surface area contributed by atoms with Crippen molar-refractivity contribution in [2.75, 3.05) is 5.75 Å². The van der Waals surface area contributed by atoms with E-state index in [0.717, 1.165) is 25.0 Å². The molecule has 0 bridgehead atoms. The van der Waals surface area contributed by atoms with Gasteiger partial charge in [-0.05, 0) is 25.5 Å². The van der Waals surface area contributed by atoms with E-state index in [1.165, 1.54) is 6.26 Å². The van der Waals surface area contributed by atoms with Crippen molar-refractivity contribution in [1.29, 1.82) is 0 Å². The third-order valence-electron chi connectivity index (χ3n) is 3.74. The number of rotatable bonds is 6. The van der Waals surface area contributed by atoms with Gasteiger partial charge < -0.3 is 14.8 Å². The first-order valence-corrected chi connectivity index (χ1v) is 8.29. The van der Waals surface area contributed by atoms with Crippen LogP contribution in [0.5, 0.6) is 0 Å². The van der Waals surface area contributed by atoms with Crippen LogP contribution in [0.15, 0.2) is 10.7 Å². The molecule has 5 nitrogen and oxygen atoms in total. The van der Waals surface area contributed by atoms with E-state index < -0.39 is 5.97 Å². The smallest absolute Gasteiger partial charge is 0.311 e. The van der Waals surface area contributed by atoms with Gasteiger partial charge in [-0.25, -0.2) is 0 Å². The SMILES string of the molecule is CCSC1CCCC1NC(=O)c1c(C)coc1CC(=O)O. The molecule has 1 heterocycles. The molecule has 1 fully saturated rings. The number of nitrogens with one attached hydrogen (secondary N) is 1. The summed E-state index contributed by atoms with van der Waals surface area (Å²) < 4.78 is 5.22. The average molecular weight is 311 g/mol. The molecule has 1 saturated carbocycles. The first kappa shape index (κ1) is 15.9. The van der Waals surface area contributed by atoms with Crippen LogP contribution >= 0.6 is 11.8 Å². The molecule has 1 aromatic heterocycles. The molecule has 0 saturated heterocycles. The lowest BCUT2D eigenvalue weighted by atomic mass is 10.1. The Bertz CT molecular complexity index is 526. The van der Waals surface area contributed by atoms with Crippen molar-refractivity contribution in [1.82, 2.24) is 5.32 Å². The van der Waals surface area contributed by atoms with Crippen LogP contribution in [0.3, 0.4) is 0 Å². The Morgan fingerprint density at radius 3 is 2.90 bits per heavy atom. The van der Waals surface area contributed by atoms with Crippen LogP contribution in [-0.4, -0.2) is 34.0 Å². The number of carboxylic acid groups (broad SMARTS) is 1. The topological polar surface area (TPSA) is 79.5 Å². The van der Waals surface area contributed by atoms with Crippen LogP contribution in [-0.2, 0) is 11.2 Å². The summed E-state index contributed by atoms with van der Waals surface area (Å²) >= 11 is 1.87. The van der Waals surface area contributed by atoms with Crippen molar-refractivity contribution in [3.05, 3.63) is 23.2 Å². The Morgan fingerprint density at radius 1 is 1.48 bits per heavy atom. The van der Waals surface area contributed by atoms with Crippen molar-refractivity contribution >= 4 is 23.6 Å². The van der Waals surface area contributed by atoms with Crippen LogP contribution in [0.2, 0.25) is 0 Å². The lowest BCUT2D eigenvalue weighted by Gasteiger charge is -2.20. The highest BCUT2D eigenvalue weighted by Crippen LogP contribution is 2.30. The molecule has 2 unspecified atom stereocenters. The molecule has 6 heteroatoms. The van der Waals surface area contributed by atoms with Gasteiger partial charge in [0.05, 0.1) is 11.8 Å². The molecular weight excluding hydrogens is 290 g/mol. The van der Waals surface area contributed by atoms with E-state index in [9.17, 15) is 9.59 Å². The zero-order chi connectivity index (χ0) is 15.4. The van der Waals surface area contributed by atoms with Crippen molar-refractivity contribution in [2.45, 2.75) is 50.8 Å². The first-order chi connectivity index (χ1) is 10.0. The molecular formula is C15H21NO4S. The van der Waals surface area contributed by atoms with E-state index in [4.69, 9.17) is 9.52 Å². The van der Waals surface area contributed by atoms with Gasteiger partial charge in [0.15, 0.2) is 0 Å². The number of furan rings is 1. The highest BCUT2D eigenvalue weighted by molar-refractivity contribution is 7.99. The number of carbonyl (C=O) groups excluding carboxylic acids is 1. The number of thioether (sulfide) groups is 1. The largest absolute Gasteiger partial charge is 0.481 e. The van der Waals surface area contributed by atoms with E-state index >= 15 is 0 Å². The molecule has 0 aliphatic heterocycles. The summed E-state index contributed by atoms with van der Waals surface area (Å²) in [6, 6.07) is 0.162. The summed E-state index contributed by atoms with van der Waals surface area (Å²) in [5.41, 5.74) is 1.06. The molecule has 2 N–H and O–H groups in total. The molecule has 21 heavy (non-hydrogen) atoms. The molecule has 0 spiro atoms. The van der Waals surface area contributed by atoms with Gasteiger partial charge in [-0.2, -0.15) is 11.8 Å². The molecule has 0 radical (unpaired) electrons. The van der Waals surface area contributed by atoms with E-state index in [2.05, 4.69) is 12.2 Å². The predicted molar refractivity (Wildman–Crippen MR) is 81.8 cm³/mol. The number of carbonyl (C=O) groups is 2. The van der Waals surface area contributed by atoms with E-state index in [-0.39, 0.29) is 24.1 Å². The second-order valence-corrected chi connectivity index (χ2v) is 6.81. The van der Waals surface area contributed by atoms with Gasteiger partial charge in [0, 0.05) is 16.9 Å². The minimum atomic E-state index is -1.00. The third-order valence-corrected chi connectivity index (χ3v) is 5.07. The number of aryl methyl sites for hydroxylation is 1. The highest BCUT2D eigenvalue weighted by Gasteiger charge is 2.30. The average Bonchev–Trinajstić information content (AvgIpc) is 2.97. The number of aliphatic carboxylic acids is 1. The highest BCUT2D eigenvalue weighted by atomic mass is 32.2. The zero-order valence-electron chi connectivity index (χ0n) is 12.3. The van der Waals surface area contributed by atoms with Crippen molar-refractivity contribution in [2.24, 2.45) is 0 Å². The van der Waals surface area contributed by atoms with Crippen LogP contribution in [0.4, 0.5) is 0 Å². The summed E-state index contributed by atoms with van der Waals surface area (Å²) in [5.74, 6) is 0.0476. The Balaban J connectivity index is 2.09. The first-order valence-electron chi connectivity index (χ1n) is 7.24. The van der Waals surface area contributed by atoms with Crippen LogP contribution in [0.25, 0.3) is 0 Å². The maximum absolute atomic E-state index is 12.5. The molecule has 1 aliphatic carbocycles. The van der Waals surface area contributed by atoms with Gasteiger partial charge in [0.2, 0.25) is 0 Å². The second kappa shape index (κ2) is 7.02. The van der Waals surface area contributed by atoms with Gasteiger partial charge in [-0.15, -0.1) is 0 Å². The molecule has 2 atom stereocenters.